The molecule has 1 aliphatic rings. The van der Waals surface area contributed by atoms with Crippen molar-refractivity contribution in [3.8, 4) is 5.75 Å². The SMILES string of the molecule is COc1ccc(N2C(=S)N[C@@H](c3ccccn3)[C@H]2c2cc(C)n(Cc3ccco3)c2C)cc1. The molecule has 0 saturated carbocycles. The summed E-state index contributed by atoms with van der Waals surface area (Å²) in [6.45, 7) is 4.98. The van der Waals surface area contributed by atoms with Gasteiger partial charge >= 0.3 is 0 Å². The first-order valence-electron chi connectivity index (χ1n) is 10.9. The average molecular weight is 459 g/mol. The lowest BCUT2D eigenvalue weighted by Crippen LogP contribution is -2.29. The molecule has 2 atom stereocenters. The first-order chi connectivity index (χ1) is 16.1. The summed E-state index contributed by atoms with van der Waals surface area (Å²) >= 11 is 5.85. The summed E-state index contributed by atoms with van der Waals surface area (Å²) in [4.78, 5) is 6.84. The molecule has 1 aliphatic heterocycles. The Morgan fingerprint density at radius 2 is 1.91 bits per heavy atom. The molecule has 1 saturated heterocycles. The number of nitrogens with zero attached hydrogens (tertiary/aromatic N) is 3. The van der Waals surface area contributed by atoms with Crippen molar-refractivity contribution in [3.63, 3.8) is 0 Å². The highest BCUT2D eigenvalue weighted by Crippen LogP contribution is 2.43. The normalized spacial score (nSPS) is 17.9. The van der Waals surface area contributed by atoms with Crippen molar-refractivity contribution < 1.29 is 9.15 Å². The Balaban J connectivity index is 1.61. The Hall–Kier alpha value is -3.58. The molecule has 0 radical (unpaired) electrons. The van der Waals surface area contributed by atoms with E-state index in [1.807, 2.05) is 60.8 Å². The van der Waals surface area contributed by atoms with Crippen LogP contribution in [0, 0.1) is 13.8 Å². The van der Waals surface area contributed by atoms with Crippen molar-refractivity contribution in [3.05, 3.63) is 102 Å². The highest BCUT2D eigenvalue weighted by molar-refractivity contribution is 7.80. The van der Waals surface area contributed by atoms with Crippen molar-refractivity contribution in [2.45, 2.75) is 32.5 Å². The maximum Gasteiger partial charge on any atom is 0.174 e. The predicted octanol–water partition coefficient (Wildman–Crippen LogP) is 5.33. The molecule has 6 nitrogen and oxygen atoms in total. The number of methoxy groups -OCH3 is 1. The number of hydrogen-bond donors (Lipinski definition) is 1. The molecule has 0 spiro atoms. The third-order valence-electron chi connectivity index (χ3n) is 6.27. The van der Waals surface area contributed by atoms with E-state index in [0.29, 0.717) is 11.7 Å². The number of benzene rings is 1. The third-order valence-corrected chi connectivity index (χ3v) is 6.59. The van der Waals surface area contributed by atoms with Crippen LogP contribution in [0.5, 0.6) is 5.75 Å². The molecule has 1 aromatic carbocycles. The smallest absolute Gasteiger partial charge is 0.174 e. The van der Waals surface area contributed by atoms with Crippen LogP contribution in [0.15, 0.2) is 77.5 Å². The zero-order valence-corrected chi connectivity index (χ0v) is 19.7. The largest absolute Gasteiger partial charge is 0.497 e. The number of nitrogens with one attached hydrogen (secondary N) is 1. The lowest BCUT2D eigenvalue weighted by Gasteiger charge is -2.28. The lowest BCUT2D eigenvalue weighted by atomic mass is 9.96. The first-order valence-corrected chi connectivity index (χ1v) is 11.3. The molecule has 0 bridgehead atoms. The Kier molecular flexibility index (Phi) is 5.64. The van der Waals surface area contributed by atoms with Crippen LogP contribution in [0.25, 0.3) is 0 Å². The van der Waals surface area contributed by atoms with Gasteiger partial charge in [-0.1, -0.05) is 6.07 Å². The van der Waals surface area contributed by atoms with Crippen molar-refractivity contribution in [2.75, 3.05) is 12.0 Å². The number of anilines is 1. The van der Waals surface area contributed by atoms with Crippen LogP contribution < -0.4 is 15.0 Å². The lowest BCUT2D eigenvalue weighted by molar-refractivity contribution is 0.415. The molecule has 3 aromatic heterocycles. The number of rotatable bonds is 6. The minimum Gasteiger partial charge on any atom is -0.497 e. The van der Waals surface area contributed by atoms with E-state index in [2.05, 4.69) is 39.7 Å². The Bertz CT molecular complexity index is 1250. The second-order valence-corrected chi connectivity index (χ2v) is 8.57. The van der Waals surface area contributed by atoms with Gasteiger partial charge in [0.25, 0.3) is 0 Å². The molecule has 7 heteroatoms. The number of aromatic nitrogens is 2. The quantitative estimate of drug-likeness (QED) is 0.394. The minimum atomic E-state index is -0.0848. The van der Waals surface area contributed by atoms with Crippen LogP contribution in [-0.4, -0.2) is 21.8 Å². The molecular formula is C26H26N4O2S. The molecule has 4 aromatic rings. The van der Waals surface area contributed by atoms with Crippen molar-refractivity contribution in [2.24, 2.45) is 0 Å². The topological polar surface area (TPSA) is 55.5 Å². The fourth-order valence-electron chi connectivity index (χ4n) is 4.62. The molecule has 5 rings (SSSR count). The van der Waals surface area contributed by atoms with Crippen LogP contribution in [0.1, 0.15) is 40.5 Å². The summed E-state index contributed by atoms with van der Waals surface area (Å²) in [5.41, 5.74) is 5.52. The number of ether oxygens (including phenoxy) is 1. The standard InChI is InChI=1S/C26H26N4O2S/c1-17-15-22(18(2)29(17)16-21-7-6-14-32-21)25-24(23-8-4-5-13-27-23)28-26(33)30(25)19-9-11-20(31-3)12-10-19/h4-15,24-25H,16H2,1-3H3,(H,28,33)/t24-,25+/m0/s1. The molecule has 168 valence electrons. The van der Waals surface area contributed by atoms with Gasteiger partial charge < -0.3 is 23.9 Å². The van der Waals surface area contributed by atoms with Gasteiger partial charge in [0, 0.05) is 23.3 Å². The van der Waals surface area contributed by atoms with E-state index < -0.39 is 0 Å². The molecule has 4 heterocycles. The minimum absolute atomic E-state index is 0.0580. The van der Waals surface area contributed by atoms with Crippen LogP contribution in [0.4, 0.5) is 5.69 Å². The number of thiocarbonyl (C=S) groups is 1. The van der Waals surface area contributed by atoms with Crippen molar-refractivity contribution in [1.29, 1.82) is 0 Å². The Labute approximate surface area is 198 Å². The van der Waals surface area contributed by atoms with Crippen LogP contribution in [0.2, 0.25) is 0 Å². The Morgan fingerprint density at radius 3 is 2.58 bits per heavy atom. The fourth-order valence-corrected chi connectivity index (χ4v) is 4.97. The van der Waals surface area contributed by atoms with E-state index in [4.69, 9.17) is 21.4 Å². The van der Waals surface area contributed by atoms with E-state index in [1.54, 1.807) is 13.4 Å². The molecule has 1 fully saturated rings. The van der Waals surface area contributed by atoms with Gasteiger partial charge in [-0.2, -0.15) is 0 Å². The van der Waals surface area contributed by atoms with E-state index in [1.165, 1.54) is 17.0 Å². The second-order valence-electron chi connectivity index (χ2n) is 8.19. The summed E-state index contributed by atoms with van der Waals surface area (Å²) in [6, 6.07) is 20.0. The second kappa shape index (κ2) is 8.75. The van der Waals surface area contributed by atoms with E-state index in [-0.39, 0.29) is 12.1 Å². The number of hydrogen-bond acceptors (Lipinski definition) is 4. The predicted molar refractivity (Wildman–Crippen MR) is 133 cm³/mol. The number of aryl methyl sites for hydroxylation is 1. The average Bonchev–Trinajstić information content (AvgIpc) is 3.54. The summed E-state index contributed by atoms with van der Waals surface area (Å²) in [6.07, 6.45) is 3.54. The van der Waals surface area contributed by atoms with Gasteiger partial charge in [-0.15, -0.1) is 0 Å². The maximum atomic E-state index is 5.85. The van der Waals surface area contributed by atoms with Crippen molar-refractivity contribution in [1.82, 2.24) is 14.9 Å². The highest BCUT2D eigenvalue weighted by Gasteiger charge is 2.42. The van der Waals surface area contributed by atoms with E-state index in [9.17, 15) is 0 Å². The maximum absolute atomic E-state index is 5.85. The van der Waals surface area contributed by atoms with Gasteiger partial charge in [-0.25, -0.2) is 0 Å². The van der Waals surface area contributed by atoms with Crippen LogP contribution in [-0.2, 0) is 6.54 Å². The highest BCUT2D eigenvalue weighted by atomic mass is 32.1. The van der Waals surface area contributed by atoms with E-state index >= 15 is 0 Å². The van der Waals surface area contributed by atoms with Gasteiger partial charge in [0.15, 0.2) is 5.11 Å². The molecule has 0 aliphatic carbocycles. The zero-order valence-electron chi connectivity index (χ0n) is 18.9. The van der Waals surface area contributed by atoms with Gasteiger partial charge in [0.05, 0.1) is 37.7 Å². The van der Waals surface area contributed by atoms with Gasteiger partial charge in [0.1, 0.15) is 11.5 Å². The zero-order chi connectivity index (χ0) is 22.9. The summed E-state index contributed by atoms with van der Waals surface area (Å²) < 4.78 is 13.3. The van der Waals surface area contributed by atoms with Crippen LogP contribution >= 0.6 is 12.2 Å². The fraction of sp³-hybridized carbons (Fsp3) is 0.231. The summed E-state index contributed by atoms with van der Waals surface area (Å²) in [5.74, 6) is 1.74. The number of furan rings is 1. The van der Waals surface area contributed by atoms with Gasteiger partial charge in [-0.3, -0.25) is 4.98 Å². The summed E-state index contributed by atoms with van der Waals surface area (Å²) in [7, 11) is 1.67. The number of pyridine rings is 1. The molecular weight excluding hydrogens is 432 g/mol. The van der Waals surface area contributed by atoms with E-state index in [0.717, 1.165) is 22.9 Å². The molecule has 0 amide bonds. The summed E-state index contributed by atoms with van der Waals surface area (Å²) in [5, 5.41) is 4.21. The van der Waals surface area contributed by atoms with Crippen LogP contribution in [0.3, 0.4) is 0 Å². The molecule has 0 unspecified atom stereocenters. The first kappa shape index (κ1) is 21.3. The Morgan fingerprint density at radius 1 is 1.09 bits per heavy atom. The monoisotopic (exact) mass is 458 g/mol. The van der Waals surface area contributed by atoms with Gasteiger partial charge in [-0.05, 0) is 86.2 Å². The molecule has 1 N–H and O–H groups in total. The van der Waals surface area contributed by atoms with Gasteiger partial charge in [0.2, 0.25) is 0 Å². The third kappa shape index (κ3) is 3.89. The molecule has 33 heavy (non-hydrogen) atoms. The van der Waals surface area contributed by atoms with Crippen molar-refractivity contribution >= 4 is 23.0 Å².